The summed E-state index contributed by atoms with van der Waals surface area (Å²) in [7, 11) is 0. The number of hydrogen-bond acceptors (Lipinski definition) is 2. The van der Waals surface area contributed by atoms with Gasteiger partial charge in [0.25, 0.3) is 0 Å². The van der Waals surface area contributed by atoms with E-state index in [1.165, 1.54) is 0 Å². The zero-order valence-corrected chi connectivity index (χ0v) is 7.96. The van der Waals surface area contributed by atoms with Crippen LogP contribution < -0.4 is 0 Å². The van der Waals surface area contributed by atoms with Crippen molar-refractivity contribution in [3.8, 4) is 0 Å². The van der Waals surface area contributed by atoms with Crippen molar-refractivity contribution in [2.24, 2.45) is 0 Å². The maximum absolute atomic E-state index is 9.11. The van der Waals surface area contributed by atoms with Crippen molar-refractivity contribution in [3.63, 3.8) is 0 Å². The topological polar surface area (TPSA) is 33.4 Å². The summed E-state index contributed by atoms with van der Waals surface area (Å²) in [5.41, 5.74) is 0. The first-order chi connectivity index (χ1) is 4.74. The predicted octanol–water partition coefficient (Wildman–Crippen LogP) is 2.16. The maximum atomic E-state index is 9.11. The highest BCUT2D eigenvalue weighted by Crippen LogP contribution is 2.18. The van der Waals surface area contributed by atoms with Crippen LogP contribution >= 0.6 is 34.2 Å². The van der Waals surface area contributed by atoms with E-state index >= 15 is 0 Å². The number of aliphatic hydroxyl groups is 1. The van der Waals surface area contributed by atoms with Crippen LogP contribution in [0.25, 0.3) is 0 Å². The molecule has 4 heteroatoms. The smallest absolute Gasteiger partial charge is 0.134 e. The molecule has 0 aromatic carbocycles. The van der Waals surface area contributed by atoms with E-state index in [9.17, 15) is 0 Å². The molecule has 1 N–H and O–H groups in total. The molecule has 10 heavy (non-hydrogen) atoms. The third-order valence-corrected chi connectivity index (χ3v) is 1.92. The molecule has 56 valence electrons. The lowest BCUT2D eigenvalue weighted by Crippen LogP contribution is -1.95. The minimum atomic E-state index is -0.676. The van der Waals surface area contributed by atoms with Gasteiger partial charge in [-0.2, -0.15) is 0 Å². The summed E-state index contributed by atoms with van der Waals surface area (Å²) in [5.74, 6) is 0.697. The van der Waals surface area contributed by atoms with Crippen molar-refractivity contribution in [3.05, 3.63) is 21.7 Å². The van der Waals surface area contributed by atoms with Crippen LogP contribution in [0, 0.1) is 3.57 Å². The van der Waals surface area contributed by atoms with Crippen molar-refractivity contribution in [1.82, 2.24) is 0 Å². The van der Waals surface area contributed by atoms with Crippen LogP contribution in [0.5, 0.6) is 0 Å². The van der Waals surface area contributed by atoms with Crippen molar-refractivity contribution >= 4 is 34.2 Å². The fraction of sp³-hybridized carbons (Fsp3) is 0.333. The third-order valence-electron chi connectivity index (χ3n) is 1.06. The molecule has 0 aliphatic heterocycles. The summed E-state index contributed by atoms with van der Waals surface area (Å²) < 4.78 is 5.94. The van der Waals surface area contributed by atoms with Gasteiger partial charge in [0.15, 0.2) is 0 Å². The van der Waals surface area contributed by atoms with Crippen LogP contribution in [0.15, 0.2) is 16.7 Å². The number of alkyl halides is 1. The summed E-state index contributed by atoms with van der Waals surface area (Å²) >= 11 is 7.49. The molecule has 0 radical (unpaired) electrons. The van der Waals surface area contributed by atoms with Crippen molar-refractivity contribution in [2.45, 2.75) is 6.10 Å². The Kier molecular flexibility index (Phi) is 3.00. The number of rotatable bonds is 2. The number of hydrogen-bond donors (Lipinski definition) is 1. The Morgan fingerprint density at radius 1 is 1.80 bits per heavy atom. The van der Waals surface area contributed by atoms with Gasteiger partial charge in [-0.15, -0.1) is 11.6 Å². The largest absolute Gasteiger partial charge is 0.465 e. The molecular formula is C6H6ClIO2. The van der Waals surface area contributed by atoms with Gasteiger partial charge >= 0.3 is 0 Å². The predicted molar refractivity (Wildman–Crippen MR) is 47.1 cm³/mol. The number of halogens is 2. The van der Waals surface area contributed by atoms with Gasteiger partial charge in [-0.3, -0.25) is 0 Å². The van der Waals surface area contributed by atoms with E-state index in [4.69, 9.17) is 21.1 Å². The SMILES string of the molecule is OC(CCl)c1cc(I)co1. The molecule has 1 atom stereocenters. The molecule has 1 aromatic rings. The standard InChI is InChI=1S/C6H6ClIO2/c7-2-5(9)6-1-4(8)3-10-6/h1,3,5,9H,2H2. The van der Waals surface area contributed by atoms with Crippen LogP contribution in [0.1, 0.15) is 11.9 Å². The molecule has 1 rings (SSSR count). The molecular weight excluding hydrogens is 266 g/mol. The molecule has 2 nitrogen and oxygen atoms in total. The van der Waals surface area contributed by atoms with E-state index in [1.807, 2.05) is 0 Å². The van der Waals surface area contributed by atoms with Crippen molar-refractivity contribution in [1.29, 1.82) is 0 Å². The zero-order valence-electron chi connectivity index (χ0n) is 5.05. The summed E-state index contributed by atoms with van der Waals surface area (Å²) in [6, 6.07) is 1.76. The molecule has 1 heterocycles. The highest BCUT2D eigenvalue weighted by Gasteiger charge is 2.09. The van der Waals surface area contributed by atoms with E-state index in [0.717, 1.165) is 3.57 Å². The molecule has 0 aliphatic rings. The fourth-order valence-electron chi connectivity index (χ4n) is 0.579. The highest BCUT2D eigenvalue weighted by atomic mass is 127. The third kappa shape index (κ3) is 1.87. The molecule has 1 unspecified atom stereocenters. The first-order valence-corrected chi connectivity index (χ1v) is 4.33. The first kappa shape index (κ1) is 8.36. The molecule has 0 amide bonds. The minimum Gasteiger partial charge on any atom is -0.465 e. The summed E-state index contributed by atoms with van der Waals surface area (Å²) in [5, 5.41) is 9.11. The summed E-state index contributed by atoms with van der Waals surface area (Å²) in [6.45, 7) is 0. The van der Waals surface area contributed by atoms with Gasteiger partial charge in [-0.1, -0.05) is 0 Å². The Morgan fingerprint density at radius 2 is 2.50 bits per heavy atom. The van der Waals surface area contributed by atoms with Gasteiger partial charge in [0.05, 0.1) is 9.45 Å². The van der Waals surface area contributed by atoms with Crippen LogP contribution in [-0.2, 0) is 0 Å². The van der Waals surface area contributed by atoms with Crippen LogP contribution in [0.4, 0.5) is 0 Å². The van der Waals surface area contributed by atoms with E-state index < -0.39 is 6.10 Å². The Bertz CT molecular complexity index is 211. The number of aliphatic hydroxyl groups excluding tert-OH is 1. The van der Waals surface area contributed by atoms with E-state index in [2.05, 4.69) is 22.6 Å². The quantitative estimate of drug-likeness (QED) is 0.661. The Hall–Kier alpha value is 0.260. The highest BCUT2D eigenvalue weighted by molar-refractivity contribution is 14.1. The Morgan fingerprint density at radius 3 is 2.90 bits per heavy atom. The van der Waals surface area contributed by atoms with E-state index in [1.54, 1.807) is 12.3 Å². The molecule has 0 fully saturated rings. The fourth-order valence-corrected chi connectivity index (χ4v) is 1.17. The average molecular weight is 272 g/mol. The lowest BCUT2D eigenvalue weighted by Gasteiger charge is -1.99. The zero-order chi connectivity index (χ0) is 7.56. The lowest BCUT2D eigenvalue weighted by molar-refractivity contribution is 0.172. The minimum absolute atomic E-state index is 0.170. The van der Waals surface area contributed by atoms with Crippen molar-refractivity contribution in [2.75, 3.05) is 5.88 Å². The second kappa shape index (κ2) is 3.59. The van der Waals surface area contributed by atoms with Gasteiger partial charge in [0, 0.05) is 0 Å². The molecule has 1 aromatic heterocycles. The number of furan rings is 1. The Balaban J connectivity index is 2.74. The van der Waals surface area contributed by atoms with Gasteiger partial charge in [0.1, 0.15) is 18.1 Å². The van der Waals surface area contributed by atoms with Crippen molar-refractivity contribution < 1.29 is 9.52 Å². The average Bonchev–Trinajstić information content (AvgIpc) is 2.34. The van der Waals surface area contributed by atoms with E-state index in [0.29, 0.717) is 5.76 Å². The van der Waals surface area contributed by atoms with Gasteiger partial charge in [-0.25, -0.2) is 0 Å². The Labute approximate surface area is 77.3 Å². The molecule has 0 saturated heterocycles. The maximum Gasteiger partial charge on any atom is 0.134 e. The van der Waals surface area contributed by atoms with Crippen LogP contribution in [0.3, 0.4) is 0 Å². The van der Waals surface area contributed by atoms with Gasteiger partial charge < -0.3 is 9.52 Å². The second-order valence-electron chi connectivity index (χ2n) is 1.84. The lowest BCUT2D eigenvalue weighted by atomic mass is 10.3. The van der Waals surface area contributed by atoms with Gasteiger partial charge in [0.2, 0.25) is 0 Å². The van der Waals surface area contributed by atoms with Crippen LogP contribution in [-0.4, -0.2) is 11.0 Å². The van der Waals surface area contributed by atoms with Crippen LogP contribution in [0.2, 0.25) is 0 Å². The van der Waals surface area contributed by atoms with E-state index in [-0.39, 0.29) is 5.88 Å². The first-order valence-electron chi connectivity index (χ1n) is 2.72. The monoisotopic (exact) mass is 272 g/mol. The second-order valence-corrected chi connectivity index (χ2v) is 3.39. The molecule has 0 spiro atoms. The summed E-state index contributed by atoms with van der Waals surface area (Å²) in [4.78, 5) is 0. The summed E-state index contributed by atoms with van der Waals surface area (Å²) in [6.07, 6.45) is 0.899. The normalized spacial score (nSPS) is 13.5. The van der Waals surface area contributed by atoms with Gasteiger partial charge in [-0.05, 0) is 28.7 Å². The molecule has 0 saturated carbocycles. The molecule has 0 bridgehead atoms. The molecule has 0 aliphatic carbocycles.